The Labute approximate surface area is 172 Å². The smallest absolute Gasteiger partial charge is 0.422 e. The van der Waals surface area contributed by atoms with E-state index in [0.29, 0.717) is 11.4 Å². The summed E-state index contributed by atoms with van der Waals surface area (Å²) in [4.78, 5) is 23.7. The van der Waals surface area contributed by atoms with Crippen molar-refractivity contribution in [2.75, 3.05) is 28.7 Å². The van der Waals surface area contributed by atoms with Crippen LogP contribution in [-0.2, 0) is 9.59 Å². The lowest BCUT2D eigenvalue weighted by molar-refractivity contribution is -0.153. The number of anilines is 2. The number of thioether (sulfide) groups is 1. The molecule has 2 rings (SSSR count). The highest BCUT2D eigenvalue weighted by atomic mass is 79.9. The van der Waals surface area contributed by atoms with Gasteiger partial charge in [-0.1, -0.05) is 22.0 Å². The minimum absolute atomic E-state index is 0.0499. The molecule has 0 aromatic heterocycles. The van der Waals surface area contributed by atoms with Crippen LogP contribution in [0.25, 0.3) is 0 Å². The van der Waals surface area contributed by atoms with Crippen molar-refractivity contribution < 1.29 is 27.5 Å². The van der Waals surface area contributed by atoms with Crippen molar-refractivity contribution in [2.24, 2.45) is 0 Å². The lowest BCUT2D eigenvalue weighted by Gasteiger charge is -2.10. The third-order valence-corrected chi connectivity index (χ3v) is 4.54. The first-order chi connectivity index (χ1) is 13.2. The van der Waals surface area contributed by atoms with Crippen LogP contribution in [0.3, 0.4) is 0 Å². The number of carbonyl (C=O) groups excluding carboxylic acids is 2. The molecule has 0 atom stereocenters. The van der Waals surface area contributed by atoms with Crippen molar-refractivity contribution >= 4 is 50.9 Å². The first-order valence-corrected chi connectivity index (χ1v) is 9.89. The number of benzene rings is 2. The van der Waals surface area contributed by atoms with Gasteiger partial charge in [-0.05, 0) is 42.5 Å². The second-order valence-corrected chi connectivity index (χ2v) is 7.43. The van der Waals surface area contributed by atoms with E-state index in [-0.39, 0.29) is 29.1 Å². The van der Waals surface area contributed by atoms with Crippen molar-refractivity contribution in [1.82, 2.24) is 0 Å². The highest BCUT2D eigenvalue weighted by Gasteiger charge is 2.28. The Kier molecular flexibility index (Phi) is 8.18. The Morgan fingerprint density at radius 3 is 2.14 bits per heavy atom. The van der Waals surface area contributed by atoms with Crippen molar-refractivity contribution in [2.45, 2.75) is 6.18 Å². The average molecular weight is 477 g/mol. The third kappa shape index (κ3) is 8.66. The van der Waals surface area contributed by atoms with Crippen LogP contribution in [0.1, 0.15) is 0 Å². The van der Waals surface area contributed by atoms with Crippen LogP contribution in [-0.4, -0.2) is 36.1 Å². The van der Waals surface area contributed by atoms with E-state index in [1.165, 1.54) is 24.3 Å². The number of alkyl halides is 3. The predicted octanol–water partition coefficient (Wildman–Crippen LogP) is 4.70. The number of halogens is 4. The summed E-state index contributed by atoms with van der Waals surface area (Å²) in [5.41, 5.74) is 1.07. The van der Waals surface area contributed by atoms with Gasteiger partial charge < -0.3 is 15.4 Å². The fourth-order valence-corrected chi connectivity index (χ4v) is 3.01. The summed E-state index contributed by atoms with van der Waals surface area (Å²) in [5, 5.41) is 5.32. The summed E-state index contributed by atoms with van der Waals surface area (Å²) in [6, 6.07) is 12.7. The monoisotopic (exact) mass is 476 g/mol. The van der Waals surface area contributed by atoms with E-state index in [1.807, 2.05) is 6.07 Å². The van der Waals surface area contributed by atoms with Gasteiger partial charge in [-0.2, -0.15) is 13.2 Å². The van der Waals surface area contributed by atoms with Crippen LogP contribution in [0.5, 0.6) is 5.75 Å². The molecular formula is C18H16BrF3N2O3S. The first kappa shape index (κ1) is 22.1. The average Bonchev–Trinajstić information content (AvgIpc) is 2.60. The number of carbonyl (C=O) groups is 2. The Hall–Kier alpha value is -2.20. The maximum atomic E-state index is 12.1. The van der Waals surface area contributed by atoms with Gasteiger partial charge in [0.2, 0.25) is 11.8 Å². The van der Waals surface area contributed by atoms with E-state index in [4.69, 9.17) is 0 Å². The lowest BCUT2D eigenvalue weighted by atomic mass is 10.3. The van der Waals surface area contributed by atoms with E-state index < -0.39 is 12.8 Å². The van der Waals surface area contributed by atoms with Crippen molar-refractivity contribution in [3.05, 3.63) is 53.0 Å². The van der Waals surface area contributed by atoms with Gasteiger partial charge in [-0.15, -0.1) is 11.8 Å². The second-order valence-electron chi connectivity index (χ2n) is 5.53. The Morgan fingerprint density at radius 1 is 0.964 bits per heavy atom. The van der Waals surface area contributed by atoms with Gasteiger partial charge >= 0.3 is 6.18 Å². The number of hydrogen-bond donors (Lipinski definition) is 2. The van der Waals surface area contributed by atoms with Gasteiger partial charge in [0.1, 0.15) is 5.75 Å². The molecule has 2 aromatic rings. The van der Waals surface area contributed by atoms with Gasteiger partial charge in [0, 0.05) is 15.8 Å². The summed E-state index contributed by atoms with van der Waals surface area (Å²) in [6.45, 7) is -1.38. The minimum atomic E-state index is -4.41. The molecule has 2 N–H and O–H groups in total. The molecule has 5 nitrogen and oxygen atoms in total. The summed E-state index contributed by atoms with van der Waals surface area (Å²) in [7, 11) is 0. The summed E-state index contributed by atoms with van der Waals surface area (Å²) >= 11 is 4.45. The van der Waals surface area contributed by atoms with E-state index in [9.17, 15) is 22.8 Å². The molecule has 28 heavy (non-hydrogen) atoms. The minimum Gasteiger partial charge on any atom is -0.484 e. The van der Waals surface area contributed by atoms with Crippen molar-refractivity contribution in [3.63, 3.8) is 0 Å². The van der Waals surface area contributed by atoms with E-state index in [2.05, 4.69) is 31.3 Å². The van der Waals surface area contributed by atoms with Gasteiger partial charge in [-0.3, -0.25) is 9.59 Å². The van der Waals surface area contributed by atoms with Gasteiger partial charge in [0.25, 0.3) is 0 Å². The van der Waals surface area contributed by atoms with Crippen LogP contribution in [0.15, 0.2) is 53.0 Å². The first-order valence-electron chi connectivity index (χ1n) is 7.94. The Bertz CT molecular complexity index is 816. The summed E-state index contributed by atoms with van der Waals surface area (Å²) in [5.74, 6) is -0.359. The van der Waals surface area contributed by atoms with Crippen molar-refractivity contribution in [1.29, 1.82) is 0 Å². The molecule has 0 spiro atoms. The van der Waals surface area contributed by atoms with Crippen LogP contribution in [0.4, 0.5) is 24.5 Å². The van der Waals surface area contributed by atoms with Crippen LogP contribution in [0.2, 0.25) is 0 Å². The predicted molar refractivity (Wildman–Crippen MR) is 107 cm³/mol. The number of ether oxygens (including phenoxy) is 1. The second kappa shape index (κ2) is 10.4. The zero-order chi connectivity index (χ0) is 20.6. The summed E-state index contributed by atoms with van der Waals surface area (Å²) in [6.07, 6.45) is -4.41. The molecule has 0 bridgehead atoms. The largest absolute Gasteiger partial charge is 0.484 e. The van der Waals surface area contributed by atoms with Gasteiger partial charge in [0.15, 0.2) is 6.61 Å². The standard InChI is InChI=1S/C18H16BrF3N2O3S/c19-12-2-1-3-14(8-12)24-17(26)10-28-9-16(25)23-13-4-6-15(7-5-13)27-11-18(20,21)22/h1-8H,9-11H2,(H,23,25)(H,24,26). The number of hydrogen-bond acceptors (Lipinski definition) is 4. The van der Waals surface area contributed by atoms with E-state index in [1.54, 1.807) is 18.2 Å². The molecule has 0 aliphatic heterocycles. The molecular weight excluding hydrogens is 461 g/mol. The van der Waals surface area contributed by atoms with Gasteiger partial charge in [-0.25, -0.2) is 0 Å². The topological polar surface area (TPSA) is 67.4 Å². The lowest BCUT2D eigenvalue weighted by Crippen LogP contribution is -2.19. The van der Waals surface area contributed by atoms with Crippen LogP contribution >= 0.6 is 27.7 Å². The number of nitrogens with one attached hydrogen (secondary N) is 2. The molecule has 0 fully saturated rings. The summed E-state index contributed by atoms with van der Waals surface area (Å²) < 4.78 is 41.7. The highest BCUT2D eigenvalue weighted by Crippen LogP contribution is 2.20. The molecule has 0 radical (unpaired) electrons. The molecule has 2 aromatic carbocycles. The van der Waals surface area contributed by atoms with E-state index in [0.717, 1.165) is 16.2 Å². The molecule has 0 heterocycles. The molecule has 0 aliphatic rings. The highest BCUT2D eigenvalue weighted by molar-refractivity contribution is 9.10. The fraction of sp³-hybridized carbons (Fsp3) is 0.222. The fourth-order valence-electron chi connectivity index (χ4n) is 2.00. The Balaban J connectivity index is 1.70. The number of amides is 2. The van der Waals surface area contributed by atoms with E-state index >= 15 is 0 Å². The maximum Gasteiger partial charge on any atom is 0.422 e. The molecule has 0 saturated heterocycles. The van der Waals surface area contributed by atoms with Crippen LogP contribution in [0, 0.1) is 0 Å². The van der Waals surface area contributed by atoms with Gasteiger partial charge in [0.05, 0.1) is 11.5 Å². The zero-order valence-corrected chi connectivity index (χ0v) is 16.8. The van der Waals surface area contributed by atoms with Crippen LogP contribution < -0.4 is 15.4 Å². The normalized spacial score (nSPS) is 11.0. The third-order valence-electron chi connectivity index (χ3n) is 3.12. The molecule has 10 heteroatoms. The SMILES string of the molecule is O=C(CSCC(=O)Nc1cccc(Br)c1)Nc1ccc(OCC(F)(F)F)cc1. The quantitative estimate of drug-likeness (QED) is 0.579. The zero-order valence-electron chi connectivity index (χ0n) is 14.4. The molecule has 0 saturated carbocycles. The number of rotatable bonds is 8. The molecule has 0 unspecified atom stereocenters. The molecule has 2 amide bonds. The Morgan fingerprint density at radius 2 is 1.57 bits per heavy atom. The maximum absolute atomic E-state index is 12.1. The van der Waals surface area contributed by atoms with Crippen molar-refractivity contribution in [3.8, 4) is 5.75 Å². The molecule has 0 aliphatic carbocycles. The molecule has 150 valence electrons.